The normalized spacial score (nSPS) is 23.3. The molecule has 0 saturated heterocycles. The van der Waals surface area contributed by atoms with Crippen molar-refractivity contribution in [3.05, 3.63) is 24.2 Å². The second-order valence-electron chi connectivity index (χ2n) is 7.44. The summed E-state index contributed by atoms with van der Waals surface area (Å²) >= 11 is 0. The van der Waals surface area contributed by atoms with Gasteiger partial charge in [0.15, 0.2) is 0 Å². The molecule has 3 atom stereocenters. The predicted octanol–water partition coefficient (Wildman–Crippen LogP) is 4.01. The monoisotopic (exact) mass is 322 g/mol. The molecule has 1 aromatic heterocycles. The number of amides is 1. The molecule has 0 spiro atoms. The molecule has 1 saturated carbocycles. The van der Waals surface area contributed by atoms with E-state index in [1.54, 1.807) is 6.26 Å². The Bertz CT molecular complexity index is 479. The molecule has 1 aliphatic carbocycles. The molecule has 5 nitrogen and oxygen atoms in total. The van der Waals surface area contributed by atoms with E-state index in [9.17, 15) is 4.79 Å². The third-order valence-corrected chi connectivity index (χ3v) is 4.25. The molecule has 1 heterocycles. The lowest BCUT2D eigenvalue weighted by molar-refractivity contribution is 0.0509. The molecule has 0 radical (unpaired) electrons. The number of hydrogen-bond acceptors (Lipinski definition) is 4. The van der Waals surface area contributed by atoms with Crippen molar-refractivity contribution in [2.24, 2.45) is 5.92 Å². The zero-order valence-electron chi connectivity index (χ0n) is 14.7. The van der Waals surface area contributed by atoms with Gasteiger partial charge in [0.1, 0.15) is 11.4 Å². The highest BCUT2D eigenvalue weighted by molar-refractivity contribution is 5.67. The van der Waals surface area contributed by atoms with Gasteiger partial charge in [-0.15, -0.1) is 0 Å². The molecule has 2 rings (SSSR count). The van der Waals surface area contributed by atoms with Gasteiger partial charge in [0.05, 0.1) is 12.3 Å². The maximum absolute atomic E-state index is 11.8. The smallest absolute Gasteiger partial charge is 0.407 e. The Morgan fingerprint density at radius 3 is 2.78 bits per heavy atom. The fraction of sp³-hybridized carbons (Fsp3) is 0.722. The SMILES string of the molecule is CC(NC1CCCCC1CNC(=O)OC(C)(C)C)c1ccco1. The minimum absolute atomic E-state index is 0.178. The lowest BCUT2D eigenvalue weighted by Gasteiger charge is -2.34. The summed E-state index contributed by atoms with van der Waals surface area (Å²) in [5, 5.41) is 6.58. The van der Waals surface area contributed by atoms with Crippen LogP contribution in [0.1, 0.15) is 65.2 Å². The molecule has 1 aliphatic rings. The van der Waals surface area contributed by atoms with Gasteiger partial charge >= 0.3 is 6.09 Å². The summed E-state index contributed by atoms with van der Waals surface area (Å²) in [6, 6.07) is 4.47. The number of ether oxygens (including phenoxy) is 1. The van der Waals surface area contributed by atoms with Gasteiger partial charge in [-0.3, -0.25) is 0 Å². The fourth-order valence-electron chi connectivity index (χ4n) is 3.14. The van der Waals surface area contributed by atoms with E-state index in [-0.39, 0.29) is 12.1 Å². The molecule has 0 bridgehead atoms. The van der Waals surface area contributed by atoms with E-state index >= 15 is 0 Å². The van der Waals surface area contributed by atoms with Gasteiger partial charge in [-0.2, -0.15) is 0 Å². The third-order valence-electron chi connectivity index (χ3n) is 4.25. The van der Waals surface area contributed by atoms with Crippen LogP contribution in [-0.4, -0.2) is 24.3 Å². The van der Waals surface area contributed by atoms with Crippen molar-refractivity contribution in [3.63, 3.8) is 0 Å². The number of carbonyl (C=O) groups excluding carboxylic acids is 1. The van der Waals surface area contributed by atoms with Crippen molar-refractivity contribution in [2.45, 2.75) is 71.1 Å². The van der Waals surface area contributed by atoms with Gasteiger partial charge in [-0.05, 0) is 58.6 Å². The summed E-state index contributed by atoms with van der Waals surface area (Å²) in [6.45, 7) is 8.40. The molecule has 1 aromatic rings. The molecule has 5 heteroatoms. The largest absolute Gasteiger partial charge is 0.468 e. The first-order valence-electron chi connectivity index (χ1n) is 8.61. The van der Waals surface area contributed by atoms with Crippen LogP contribution in [-0.2, 0) is 4.74 Å². The van der Waals surface area contributed by atoms with E-state index in [1.807, 2.05) is 32.9 Å². The number of hydrogen-bond donors (Lipinski definition) is 2. The molecule has 2 N–H and O–H groups in total. The highest BCUT2D eigenvalue weighted by atomic mass is 16.6. The average Bonchev–Trinajstić information content (AvgIpc) is 2.99. The first-order valence-corrected chi connectivity index (χ1v) is 8.61. The highest BCUT2D eigenvalue weighted by Crippen LogP contribution is 2.26. The quantitative estimate of drug-likeness (QED) is 0.859. The Morgan fingerprint density at radius 1 is 1.39 bits per heavy atom. The van der Waals surface area contributed by atoms with Gasteiger partial charge in [0.2, 0.25) is 0 Å². The van der Waals surface area contributed by atoms with E-state index in [0.29, 0.717) is 18.5 Å². The number of nitrogens with one attached hydrogen (secondary N) is 2. The standard InChI is InChI=1S/C18H30N2O3/c1-13(16-10-7-11-22-16)20-15-9-6-5-8-14(15)12-19-17(21)23-18(2,3)4/h7,10-11,13-15,20H,5-6,8-9,12H2,1-4H3,(H,19,21). The van der Waals surface area contributed by atoms with Crippen LogP contribution >= 0.6 is 0 Å². The number of carbonyl (C=O) groups is 1. The Balaban J connectivity index is 1.84. The molecule has 23 heavy (non-hydrogen) atoms. The van der Waals surface area contributed by atoms with Crippen molar-refractivity contribution >= 4 is 6.09 Å². The molecule has 1 fully saturated rings. The molecule has 0 aromatic carbocycles. The summed E-state index contributed by atoms with van der Waals surface area (Å²) in [5.74, 6) is 1.38. The van der Waals surface area contributed by atoms with Crippen LogP contribution in [0.2, 0.25) is 0 Å². The fourth-order valence-corrected chi connectivity index (χ4v) is 3.14. The number of alkyl carbamates (subject to hydrolysis) is 1. The zero-order chi connectivity index (χ0) is 16.9. The van der Waals surface area contributed by atoms with Gasteiger partial charge < -0.3 is 19.8 Å². The summed E-state index contributed by atoms with van der Waals surface area (Å²) in [6.07, 6.45) is 6.07. The Labute approximate surface area is 139 Å². The highest BCUT2D eigenvalue weighted by Gasteiger charge is 2.28. The Kier molecular flexibility index (Phi) is 6.10. The van der Waals surface area contributed by atoms with Crippen LogP contribution in [0.5, 0.6) is 0 Å². The second kappa shape index (κ2) is 7.86. The van der Waals surface area contributed by atoms with E-state index in [2.05, 4.69) is 17.6 Å². The first-order chi connectivity index (χ1) is 10.8. The summed E-state index contributed by atoms with van der Waals surface area (Å²) in [5.41, 5.74) is -0.456. The summed E-state index contributed by atoms with van der Waals surface area (Å²) < 4.78 is 10.8. The number of rotatable bonds is 5. The Hall–Kier alpha value is -1.49. The van der Waals surface area contributed by atoms with Crippen LogP contribution in [0.4, 0.5) is 4.79 Å². The minimum Gasteiger partial charge on any atom is -0.468 e. The van der Waals surface area contributed by atoms with E-state index in [0.717, 1.165) is 18.6 Å². The Morgan fingerprint density at radius 2 is 2.13 bits per heavy atom. The minimum atomic E-state index is -0.456. The van der Waals surface area contributed by atoms with Gasteiger partial charge in [0, 0.05) is 12.6 Å². The zero-order valence-corrected chi connectivity index (χ0v) is 14.7. The van der Waals surface area contributed by atoms with Gasteiger partial charge in [0.25, 0.3) is 0 Å². The molecule has 0 aliphatic heterocycles. The van der Waals surface area contributed by atoms with Gasteiger partial charge in [-0.1, -0.05) is 12.8 Å². The maximum Gasteiger partial charge on any atom is 0.407 e. The number of furan rings is 1. The van der Waals surface area contributed by atoms with Crippen LogP contribution in [0, 0.1) is 5.92 Å². The second-order valence-corrected chi connectivity index (χ2v) is 7.44. The van der Waals surface area contributed by atoms with Crippen LogP contribution in [0.15, 0.2) is 22.8 Å². The van der Waals surface area contributed by atoms with E-state index < -0.39 is 5.60 Å². The first kappa shape index (κ1) is 17.9. The van der Waals surface area contributed by atoms with Crippen molar-refractivity contribution < 1.29 is 13.9 Å². The van der Waals surface area contributed by atoms with E-state index in [4.69, 9.17) is 9.15 Å². The summed E-state index contributed by atoms with van der Waals surface area (Å²) in [7, 11) is 0. The average molecular weight is 322 g/mol. The molecule has 3 unspecified atom stereocenters. The van der Waals surface area contributed by atoms with Gasteiger partial charge in [-0.25, -0.2) is 4.79 Å². The van der Waals surface area contributed by atoms with Crippen LogP contribution in [0.3, 0.4) is 0 Å². The van der Waals surface area contributed by atoms with Crippen molar-refractivity contribution in [1.82, 2.24) is 10.6 Å². The lowest BCUT2D eigenvalue weighted by atomic mass is 9.84. The van der Waals surface area contributed by atoms with Crippen molar-refractivity contribution in [3.8, 4) is 0 Å². The lowest BCUT2D eigenvalue weighted by Crippen LogP contribution is -2.45. The van der Waals surface area contributed by atoms with Crippen molar-refractivity contribution in [2.75, 3.05) is 6.54 Å². The molecular weight excluding hydrogens is 292 g/mol. The predicted molar refractivity (Wildman–Crippen MR) is 90.2 cm³/mol. The molecular formula is C18H30N2O3. The topological polar surface area (TPSA) is 63.5 Å². The summed E-state index contributed by atoms with van der Waals surface area (Å²) in [4.78, 5) is 11.8. The van der Waals surface area contributed by atoms with E-state index in [1.165, 1.54) is 12.8 Å². The third kappa shape index (κ3) is 5.90. The van der Waals surface area contributed by atoms with Crippen LogP contribution < -0.4 is 10.6 Å². The molecule has 130 valence electrons. The van der Waals surface area contributed by atoms with Crippen molar-refractivity contribution in [1.29, 1.82) is 0 Å². The maximum atomic E-state index is 11.8. The molecule has 1 amide bonds. The van der Waals surface area contributed by atoms with Crippen LogP contribution in [0.25, 0.3) is 0 Å².